The van der Waals surface area contributed by atoms with E-state index in [1.807, 2.05) is 45.9 Å². The molecule has 0 amide bonds. The molecule has 9 nitrogen and oxygen atoms in total. The van der Waals surface area contributed by atoms with Gasteiger partial charge < -0.3 is 14.5 Å². The second-order valence-corrected chi connectivity index (χ2v) is 11.3. The lowest BCUT2D eigenvalue weighted by Gasteiger charge is -2.25. The quantitative estimate of drug-likeness (QED) is 0.309. The van der Waals surface area contributed by atoms with E-state index in [2.05, 4.69) is 32.7 Å². The second kappa shape index (κ2) is 11.4. The van der Waals surface area contributed by atoms with E-state index in [-0.39, 0.29) is 0 Å². The third-order valence-electron chi connectivity index (χ3n) is 6.39. The number of nitriles is 1. The van der Waals surface area contributed by atoms with Crippen molar-refractivity contribution < 1.29 is 9.53 Å². The fourth-order valence-corrected chi connectivity index (χ4v) is 5.45. The molecule has 0 atom stereocenters. The number of aromatic nitrogens is 3. The lowest BCUT2D eigenvalue weighted by atomic mass is 10.1. The maximum Gasteiger partial charge on any atom is 0.420 e. The first-order valence-electron chi connectivity index (χ1n) is 12.7. The van der Waals surface area contributed by atoms with E-state index in [0.29, 0.717) is 45.3 Å². The van der Waals surface area contributed by atoms with Gasteiger partial charge in [0.25, 0.3) is 0 Å². The summed E-state index contributed by atoms with van der Waals surface area (Å²) in [7, 11) is 2.11. The Hall–Kier alpha value is -3.60. The summed E-state index contributed by atoms with van der Waals surface area (Å²) in [4.78, 5) is 30.2. The SMILES string of the molecule is [C-]#[N+]c1c(N2CCCN(C)CC2)nc(SCc2ccc3ncn(C(=O)OC(C)(C)C)c3c2)c(C#N)c1CC. The van der Waals surface area contributed by atoms with Crippen molar-refractivity contribution in [2.24, 2.45) is 0 Å². The van der Waals surface area contributed by atoms with Gasteiger partial charge in [-0.3, -0.25) is 0 Å². The number of likely N-dealkylation sites (N-methyl/N-ethyl adjacent to an activating group) is 1. The molecule has 1 fully saturated rings. The van der Waals surface area contributed by atoms with E-state index in [4.69, 9.17) is 16.3 Å². The lowest BCUT2D eigenvalue weighted by molar-refractivity contribution is 0.0543. The van der Waals surface area contributed by atoms with Gasteiger partial charge in [0.15, 0.2) is 0 Å². The highest BCUT2D eigenvalue weighted by molar-refractivity contribution is 7.98. The van der Waals surface area contributed by atoms with E-state index in [0.717, 1.165) is 43.7 Å². The highest BCUT2D eigenvalue weighted by atomic mass is 32.2. The predicted octanol–water partition coefficient (Wildman–Crippen LogP) is 5.63. The van der Waals surface area contributed by atoms with Crippen molar-refractivity contribution in [3.63, 3.8) is 0 Å². The summed E-state index contributed by atoms with van der Waals surface area (Å²) in [6.45, 7) is 18.8. The summed E-state index contributed by atoms with van der Waals surface area (Å²) >= 11 is 1.47. The molecule has 10 heteroatoms. The van der Waals surface area contributed by atoms with Crippen molar-refractivity contribution in [2.45, 2.75) is 56.9 Å². The van der Waals surface area contributed by atoms with Gasteiger partial charge in [0.05, 0.1) is 23.2 Å². The average molecular weight is 532 g/mol. The highest BCUT2D eigenvalue weighted by Gasteiger charge is 2.25. The van der Waals surface area contributed by atoms with Crippen LogP contribution in [0.15, 0.2) is 29.6 Å². The summed E-state index contributed by atoms with van der Waals surface area (Å²) in [6, 6.07) is 8.08. The van der Waals surface area contributed by atoms with Gasteiger partial charge in [-0.1, -0.05) is 13.0 Å². The molecule has 2 aromatic heterocycles. The molecule has 38 heavy (non-hydrogen) atoms. The lowest BCUT2D eigenvalue weighted by Crippen LogP contribution is -2.29. The molecular formula is C28H33N7O2S. The Morgan fingerprint density at radius 1 is 1.26 bits per heavy atom. The predicted molar refractivity (Wildman–Crippen MR) is 150 cm³/mol. The number of ether oxygens (including phenoxy) is 1. The fourth-order valence-electron chi connectivity index (χ4n) is 4.50. The summed E-state index contributed by atoms with van der Waals surface area (Å²) in [5, 5.41) is 10.7. The van der Waals surface area contributed by atoms with E-state index >= 15 is 0 Å². The van der Waals surface area contributed by atoms with Gasteiger partial charge in [0, 0.05) is 25.4 Å². The average Bonchev–Trinajstić information content (AvgIpc) is 3.18. The minimum atomic E-state index is -0.616. The van der Waals surface area contributed by atoms with E-state index in [9.17, 15) is 10.1 Å². The monoisotopic (exact) mass is 531 g/mol. The van der Waals surface area contributed by atoms with Crippen molar-refractivity contribution in [3.05, 3.63) is 52.6 Å². The molecule has 1 aromatic carbocycles. The van der Waals surface area contributed by atoms with Crippen LogP contribution in [-0.4, -0.2) is 64.4 Å². The smallest absolute Gasteiger partial charge is 0.420 e. The van der Waals surface area contributed by atoms with Gasteiger partial charge in [0.1, 0.15) is 28.8 Å². The number of fused-ring (bicyclic) bond motifs is 1. The molecule has 1 aliphatic heterocycles. The Labute approximate surface area is 228 Å². The first-order chi connectivity index (χ1) is 18.1. The zero-order chi connectivity index (χ0) is 27.4. The van der Waals surface area contributed by atoms with Crippen molar-refractivity contribution in [1.82, 2.24) is 19.4 Å². The number of rotatable bonds is 5. The van der Waals surface area contributed by atoms with Crippen molar-refractivity contribution in [1.29, 1.82) is 5.26 Å². The van der Waals surface area contributed by atoms with Gasteiger partial charge in [-0.05, 0) is 70.5 Å². The Morgan fingerprint density at radius 3 is 2.74 bits per heavy atom. The minimum Gasteiger partial charge on any atom is -0.443 e. The Balaban J connectivity index is 1.66. The van der Waals surface area contributed by atoms with Crippen LogP contribution >= 0.6 is 11.8 Å². The second-order valence-electron chi connectivity index (χ2n) is 10.4. The largest absolute Gasteiger partial charge is 0.443 e. The normalized spacial score (nSPS) is 14.7. The molecule has 3 aromatic rings. The highest BCUT2D eigenvalue weighted by Crippen LogP contribution is 2.39. The number of nitrogens with zero attached hydrogens (tertiary/aromatic N) is 7. The van der Waals surface area contributed by atoms with Crippen molar-refractivity contribution in [2.75, 3.05) is 38.1 Å². The number of carbonyl (C=O) groups excluding carboxylic acids is 1. The third kappa shape index (κ3) is 5.93. The molecule has 1 aliphatic rings. The van der Waals surface area contributed by atoms with Crippen LogP contribution < -0.4 is 4.90 Å². The van der Waals surface area contributed by atoms with Crippen LogP contribution in [0.25, 0.3) is 15.9 Å². The Bertz CT molecular complexity index is 1430. The number of anilines is 1. The first kappa shape index (κ1) is 27.4. The van der Waals surface area contributed by atoms with Gasteiger partial charge in [0.2, 0.25) is 5.69 Å². The molecule has 4 rings (SSSR count). The molecule has 0 saturated carbocycles. The molecule has 0 bridgehead atoms. The van der Waals surface area contributed by atoms with Gasteiger partial charge in [-0.2, -0.15) is 5.26 Å². The summed E-state index contributed by atoms with van der Waals surface area (Å²) in [6.07, 6.45) is 2.57. The number of carbonyl (C=O) groups is 1. The van der Waals surface area contributed by atoms with E-state index < -0.39 is 11.7 Å². The Morgan fingerprint density at radius 2 is 2.05 bits per heavy atom. The van der Waals surface area contributed by atoms with Crippen molar-refractivity contribution >= 4 is 40.4 Å². The van der Waals surface area contributed by atoms with Gasteiger partial charge in [-0.15, -0.1) is 11.8 Å². The molecule has 198 valence electrons. The summed E-state index contributed by atoms with van der Waals surface area (Å²) < 4.78 is 6.94. The van der Waals surface area contributed by atoms with Gasteiger partial charge >= 0.3 is 6.09 Å². The number of hydrogen-bond donors (Lipinski definition) is 0. The molecule has 0 aliphatic carbocycles. The Kier molecular flexibility index (Phi) is 8.25. The molecule has 0 unspecified atom stereocenters. The van der Waals surface area contributed by atoms with E-state index in [1.165, 1.54) is 22.7 Å². The summed E-state index contributed by atoms with van der Waals surface area (Å²) in [5.41, 5.74) is 3.42. The van der Waals surface area contributed by atoms with Crippen LogP contribution in [0.3, 0.4) is 0 Å². The van der Waals surface area contributed by atoms with Crippen LogP contribution in [0.4, 0.5) is 16.3 Å². The van der Waals surface area contributed by atoms with Crippen LogP contribution in [-0.2, 0) is 16.9 Å². The van der Waals surface area contributed by atoms with Crippen molar-refractivity contribution in [3.8, 4) is 6.07 Å². The molecule has 3 heterocycles. The van der Waals surface area contributed by atoms with Crippen LogP contribution in [0.1, 0.15) is 50.8 Å². The third-order valence-corrected chi connectivity index (χ3v) is 7.44. The molecule has 0 N–H and O–H groups in total. The number of imidazole rings is 1. The van der Waals surface area contributed by atoms with Crippen LogP contribution in [0, 0.1) is 17.9 Å². The number of thioether (sulfide) groups is 1. The molecule has 0 radical (unpaired) electrons. The number of pyridine rings is 1. The molecule has 1 saturated heterocycles. The van der Waals surface area contributed by atoms with Crippen LogP contribution in [0.2, 0.25) is 0 Å². The zero-order valence-electron chi connectivity index (χ0n) is 22.6. The maximum atomic E-state index is 12.7. The van der Waals surface area contributed by atoms with Gasteiger partial charge in [-0.25, -0.2) is 24.2 Å². The zero-order valence-corrected chi connectivity index (χ0v) is 23.4. The number of hydrogen-bond acceptors (Lipinski definition) is 8. The maximum absolute atomic E-state index is 12.7. The standard InChI is InChI=1S/C28H33N7O2S/c1-7-20-21(16-29)26(32-25(24(20)30-5)34-12-8-11-33(6)13-14-34)38-17-19-9-10-22-23(15-19)35(18-31-22)27(36)37-28(2,3)4/h9-10,15,18H,7-8,11-14,17H2,1-4,6H3. The van der Waals surface area contributed by atoms with E-state index in [1.54, 1.807) is 0 Å². The van der Waals surface area contributed by atoms with Crippen LogP contribution in [0.5, 0.6) is 0 Å². The number of benzene rings is 1. The minimum absolute atomic E-state index is 0.471. The molecule has 0 spiro atoms. The fraction of sp³-hybridized carbons (Fsp3) is 0.464. The molecular weight excluding hydrogens is 498 g/mol. The first-order valence-corrected chi connectivity index (χ1v) is 13.7. The topological polar surface area (TPSA) is 91.6 Å². The summed E-state index contributed by atoms with van der Waals surface area (Å²) in [5.74, 6) is 1.21.